The van der Waals surface area contributed by atoms with Crippen molar-refractivity contribution in [3.05, 3.63) is 29.8 Å². The molecular weight excluding hydrogens is 404 g/mol. The van der Waals surface area contributed by atoms with Crippen molar-refractivity contribution in [2.24, 2.45) is 17.8 Å². The number of hydrogen-bond donors (Lipinski definition) is 0. The van der Waals surface area contributed by atoms with E-state index in [1.807, 2.05) is 0 Å². The lowest BCUT2D eigenvalue weighted by Gasteiger charge is -2.32. The third-order valence-corrected chi connectivity index (χ3v) is 7.54. The third-order valence-electron chi connectivity index (χ3n) is 7.54. The topological polar surface area (TPSA) is 9.23 Å². The Kier molecular flexibility index (Phi) is 9.09. The van der Waals surface area contributed by atoms with Gasteiger partial charge in [-0.15, -0.1) is 0 Å². The maximum Gasteiger partial charge on any atom is 0.457 e. The smallest absolute Gasteiger partial charge is 0.452 e. The van der Waals surface area contributed by atoms with Crippen LogP contribution in [-0.2, 0) is 0 Å². The van der Waals surface area contributed by atoms with E-state index >= 15 is 0 Å². The Morgan fingerprint density at radius 1 is 0.871 bits per heavy atom. The van der Waals surface area contributed by atoms with E-state index in [2.05, 4.69) is 11.7 Å². The second-order valence-electron chi connectivity index (χ2n) is 9.88. The third kappa shape index (κ3) is 7.68. The van der Waals surface area contributed by atoms with Crippen molar-refractivity contribution in [3.8, 4) is 5.75 Å². The van der Waals surface area contributed by atoms with Crippen LogP contribution in [0.4, 0.5) is 17.6 Å². The van der Waals surface area contributed by atoms with E-state index in [1.54, 1.807) is 12.1 Å². The van der Waals surface area contributed by atoms with Crippen LogP contribution in [0.5, 0.6) is 5.75 Å². The van der Waals surface area contributed by atoms with Gasteiger partial charge in [0, 0.05) is 0 Å². The zero-order valence-corrected chi connectivity index (χ0v) is 18.8. The normalized spacial score (nSPS) is 28.3. The summed E-state index contributed by atoms with van der Waals surface area (Å²) in [5.41, 5.74) is 1.12. The number of rotatable bonds is 9. The van der Waals surface area contributed by atoms with E-state index in [1.165, 1.54) is 82.8 Å². The molecule has 0 aromatic heterocycles. The van der Waals surface area contributed by atoms with Crippen LogP contribution in [0.25, 0.3) is 0 Å². The molecule has 176 valence electrons. The van der Waals surface area contributed by atoms with Gasteiger partial charge >= 0.3 is 12.5 Å². The first-order valence-electron chi connectivity index (χ1n) is 12.3. The van der Waals surface area contributed by atoms with E-state index in [9.17, 15) is 17.6 Å². The van der Waals surface area contributed by atoms with Crippen molar-refractivity contribution in [3.63, 3.8) is 0 Å². The van der Waals surface area contributed by atoms with Gasteiger partial charge in [-0.3, -0.25) is 0 Å². The van der Waals surface area contributed by atoms with Crippen LogP contribution in [0.2, 0.25) is 0 Å². The fourth-order valence-electron chi connectivity index (χ4n) is 5.68. The van der Waals surface area contributed by atoms with Crippen LogP contribution in [0.1, 0.15) is 102 Å². The number of halogens is 4. The summed E-state index contributed by atoms with van der Waals surface area (Å²) in [6.45, 7) is 2.28. The molecule has 1 aromatic carbocycles. The highest BCUT2D eigenvalue weighted by Crippen LogP contribution is 2.41. The summed E-state index contributed by atoms with van der Waals surface area (Å²) in [5.74, 6) is 3.07. The molecule has 3 atom stereocenters. The van der Waals surface area contributed by atoms with Gasteiger partial charge in [-0.05, 0) is 73.5 Å². The zero-order chi connectivity index (χ0) is 22.3. The Bertz CT molecular complexity index is 634. The molecule has 0 radical (unpaired) electrons. The summed E-state index contributed by atoms with van der Waals surface area (Å²) >= 11 is 0. The van der Waals surface area contributed by atoms with Gasteiger partial charge in [-0.25, -0.2) is 0 Å². The average molecular weight is 443 g/mol. The predicted octanol–water partition coefficient (Wildman–Crippen LogP) is 8.97. The van der Waals surface area contributed by atoms with Gasteiger partial charge in [0.15, 0.2) is 0 Å². The lowest BCUT2D eigenvalue weighted by Crippen LogP contribution is -2.29. The molecule has 2 aliphatic rings. The number of alkyl halides is 4. The Labute approximate surface area is 184 Å². The Hall–Kier alpha value is -1.26. The first-order valence-corrected chi connectivity index (χ1v) is 12.3. The molecule has 3 rings (SSSR count). The molecule has 1 nitrogen and oxygen atoms in total. The van der Waals surface area contributed by atoms with Crippen molar-refractivity contribution in [2.75, 3.05) is 0 Å². The monoisotopic (exact) mass is 442 g/mol. The van der Waals surface area contributed by atoms with Gasteiger partial charge in [0.25, 0.3) is 0 Å². The maximum atomic E-state index is 13.0. The van der Waals surface area contributed by atoms with Crippen molar-refractivity contribution in [2.45, 2.75) is 109 Å². The molecule has 1 aromatic rings. The summed E-state index contributed by atoms with van der Waals surface area (Å²) in [5, 5.41) is 0. The van der Waals surface area contributed by atoms with Crippen molar-refractivity contribution < 1.29 is 22.3 Å². The molecule has 1 unspecified atom stereocenters. The molecule has 0 spiro atoms. The minimum Gasteiger partial charge on any atom is -0.452 e. The van der Waals surface area contributed by atoms with Crippen LogP contribution in [0.3, 0.4) is 0 Å². The minimum atomic E-state index is -4.99. The largest absolute Gasteiger partial charge is 0.457 e. The Morgan fingerprint density at radius 3 is 2.10 bits per heavy atom. The molecular formula is C26H38F4O. The summed E-state index contributed by atoms with van der Waals surface area (Å²) in [6.07, 6.45) is 9.00. The molecule has 0 bridgehead atoms. The van der Waals surface area contributed by atoms with E-state index in [0.717, 1.165) is 36.2 Å². The van der Waals surface area contributed by atoms with E-state index in [-0.39, 0.29) is 5.75 Å². The highest BCUT2D eigenvalue weighted by molar-refractivity contribution is 5.30. The van der Waals surface area contributed by atoms with Gasteiger partial charge in [-0.1, -0.05) is 70.4 Å². The van der Waals surface area contributed by atoms with Crippen LogP contribution < -0.4 is 4.74 Å². The highest BCUT2D eigenvalue weighted by Gasteiger charge is 2.42. The molecule has 0 aliphatic heterocycles. The lowest BCUT2D eigenvalue weighted by molar-refractivity contribution is -0.236. The lowest BCUT2D eigenvalue weighted by atomic mass is 9.73. The average Bonchev–Trinajstić information content (AvgIpc) is 2.77. The quantitative estimate of drug-likeness (QED) is 0.347. The molecule has 2 aliphatic carbocycles. The van der Waals surface area contributed by atoms with Gasteiger partial charge in [0.05, 0.1) is 0 Å². The summed E-state index contributed by atoms with van der Waals surface area (Å²) in [6, 6.07) is 6.50. The summed E-state index contributed by atoms with van der Waals surface area (Å²) in [4.78, 5) is 0. The van der Waals surface area contributed by atoms with Gasteiger partial charge in [0.2, 0.25) is 0 Å². The first-order chi connectivity index (χ1) is 14.8. The molecule has 31 heavy (non-hydrogen) atoms. The van der Waals surface area contributed by atoms with E-state index < -0.39 is 12.5 Å². The molecule has 0 amide bonds. The number of hydrogen-bond acceptors (Lipinski definition) is 1. The molecule has 0 heterocycles. The maximum absolute atomic E-state index is 13.0. The van der Waals surface area contributed by atoms with Crippen LogP contribution >= 0.6 is 0 Å². The van der Waals surface area contributed by atoms with Gasteiger partial charge in [0.1, 0.15) is 5.75 Å². The standard InChI is InChI=1S/C26H38F4O/c1-2-3-5-20-6-4-7-21(18-20)9-8-19-10-12-22(13-11-19)23-14-16-24(17-15-23)31-25(27)26(28,29)30/h14-17,19-22,25H,2-13,18H2,1H3/t19?,20-,21+,22?,25?/m0/s1. The fraction of sp³-hybridized carbons (Fsp3) is 0.769. The van der Waals surface area contributed by atoms with Crippen molar-refractivity contribution >= 4 is 0 Å². The summed E-state index contributed by atoms with van der Waals surface area (Å²) < 4.78 is 54.3. The fourth-order valence-corrected chi connectivity index (χ4v) is 5.68. The Balaban J connectivity index is 1.38. The van der Waals surface area contributed by atoms with Gasteiger partial charge in [-0.2, -0.15) is 17.6 Å². The molecule has 2 saturated carbocycles. The second-order valence-corrected chi connectivity index (χ2v) is 9.88. The number of ether oxygens (including phenoxy) is 1. The number of unbranched alkanes of at least 4 members (excludes halogenated alkanes) is 1. The van der Waals surface area contributed by atoms with Crippen molar-refractivity contribution in [1.29, 1.82) is 0 Å². The van der Waals surface area contributed by atoms with Crippen LogP contribution in [-0.4, -0.2) is 12.5 Å². The second kappa shape index (κ2) is 11.6. The number of benzene rings is 1. The summed E-state index contributed by atoms with van der Waals surface area (Å²) in [7, 11) is 0. The molecule has 0 saturated heterocycles. The minimum absolute atomic E-state index is 0.0769. The Morgan fingerprint density at radius 2 is 1.48 bits per heavy atom. The first kappa shape index (κ1) is 24.4. The SMILES string of the molecule is CCCC[C@H]1CCC[C@H](CCC2CCC(c3ccc(OC(F)C(F)(F)F)cc3)CC2)C1. The predicted molar refractivity (Wildman–Crippen MR) is 117 cm³/mol. The molecule has 2 fully saturated rings. The molecule has 5 heteroatoms. The zero-order valence-electron chi connectivity index (χ0n) is 18.8. The van der Waals surface area contributed by atoms with Crippen molar-refractivity contribution in [1.82, 2.24) is 0 Å². The highest BCUT2D eigenvalue weighted by atomic mass is 19.4. The van der Waals surface area contributed by atoms with E-state index in [0.29, 0.717) is 5.92 Å². The van der Waals surface area contributed by atoms with Crippen LogP contribution in [0, 0.1) is 17.8 Å². The van der Waals surface area contributed by atoms with E-state index in [4.69, 9.17) is 0 Å². The molecule has 0 N–H and O–H groups in total. The van der Waals surface area contributed by atoms with Crippen LogP contribution in [0.15, 0.2) is 24.3 Å². The van der Waals surface area contributed by atoms with Gasteiger partial charge < -0.3 is 4.74 Å².